The number of rotatable bonds is 1. The van der Waals surface area contributed by atoms with E-state index in [0.717, 1.165) is 0 Å². The lowest BCUT2D eigenvalue weighted by Gasteiger charge is -2.28. The first-order valence-electron chi connectivity index (χ1n) is 5.59. The molecule has 7 nitrogen and oxygen atoms in total. The van der Waals surface area contributed by atoms with E-state index >= 15 is 0 Å². The maximum atomic E-state index is 14.5. The number of nitrogens with two attached hydrogens (primary N) is 1. The van der Waals surface area contributed by atoms with Gasteiger partial charge in [-0.3, -0.25) is 4.90 Å². The summed E-state index contributed by atoms with van der Waals surface area (Å²) in [6, 6.07) is 0. The SMILES string of the molecule is NC1=NCN=C2N([C@H]3C[C@H](O)/C(=C\F)O3)C=NC12F. The highest BCUT2D eigenvalue weighted by molar-refractivity contribution is 6.19. The monoisotopic (exact) mass is 271 g/mol. The van der Waals surface area contributed by atoms with Crippen LogP contribution >= 0.6 is 0 Å². The van der Waals surface area contributed by atoms with Crippen molar-refractivity contribution in [2.24, 2.45) is 20.7 Å². The Labute approximate surface area is 106 Å². The molecule has 0 aromatic carbocycles. The molecule has 0 spiro atoms. The molecular weight excluding hydrogens is 260 g/mol. The lowest BCUT2D eigenvalue weighted by atomic mass is 10.1. The molecule has 0 aromatic heterocycles. The van der Waals surface area contributed by atoms with E-state index in [1.54, 1.807) is 0 Å². The number of aliphatic hydroxyl groups is 1. The van der Waals surface area contributed by atoms with Crippen molar-refractivity contribution in [3.05, 3.63) is 12.1 Å². The van der Waals surface area contributed by atoms with E-state index in [9.17, 15) is 13.9 Å². The van der Waals surface area contributed by atoms with Crippen LogP contribution in [0.5, 0.6) is 0 Å². The van der Waals surface area contributed by atoms with E-state index in [-0.39, 0.29) is 36.8 Å². The van der Waals surface area contributed by atoms with Gasteiger partial charge >= 0.3 is 5.79 Å². The van der Waals surface area contributed by atoms with Crippen LogP contribution in [0.1, 0.15) is 6.42 Å². The zero-order valence-electron chi connectivity index (χ0n) is 9.70. The minimum Gasteiger partial charge on any atom is -0.469 e. The molecule has 3 atom stereocenters. The summed E-state index contributed by atoms with van der Waals surface area (Å²) in [5.74, 6) is -2.84. The van der Waals surface area contributed by atoms with Gasteiger partial charge in [-0.2, -0.15) is 4.39 Å². The van der Waals surface area contributed by atoms with Gasteiger partial charge in [-0.15, -0.1) is 0 Å². The molecule has 0 amide bonds. The normalized spacial score (nSPS) is 39.1. The van der Waals surface area contributed by atoms with Crippen molar-refractivity contribution in [1.29, 1.82) is 0 Å². The zero-order chi connectivity index (χ0) is 13.6. The van der Waals surface area contributed by atoms with Gasteiger partial charge in [0, 0.05) is 6.42 Å². The van der Waals surface area contributed by atoms with Crippen molar-refractivity contribution in [3.63, 3.8) is 0 Å². The Morgan fingerprint density at radius 1 is 1.58 bits per heavy atom. The molecule has 1 fully saturated rings. The number of aliphatic imine (C=N–C) groups is 3. The Balaban J connectivity index is 1.86. The van der Waals surface area contributed by atoms with Gasteiger partial charge < -0.3 is 15.6 Å². The third-order valence-corrected chi connectivity index (χ3v) is 3.15. The number of nitrogens with zero attached hydrogens (tertiary/aromatic N) is 4. The maximum Gasteiger partial charge on any atom is 0.316 e. The quantitative estimate of drug-likeness (QED) is 0.637. The summed E-state index contributed by atoms with van der Waals surface area (Å²) in [6.45, 7) is -0.00617. The van der Waals surface area contributed by atoms with Crippen LogP contribution in [0.2, 0.25) is 0 Å². The molecular formula is C10H11F2N5O2. The van der Waals surface area contributed by atoms with E-state index in [0.29, 0.717) is 0 Å². The number of hydrogen-bond acceptors (Lipinski definition) is 7. The van der Waals surface area contributed by atoms with E-state index < -0.39 is 18.1 Å². The summed E-state index contributed by atoms with van der Waals surface area (Å²) in [4.78, 5) is 12.5. The topological polar surface area (TPSA) is 95.8 Å². The van der Waals surface area contributed by atoms with Gasteiger partial charge in [0.1, 0.15) is 19.1 Å². The largest absolute Gasteiger partial charge is 0.469 e. The molecule has 102 valence electrons. The lowest BCUT2D eigenvalue weighted by Crippen LogP contribution is -2.52. The molecule has 3 aliphatic heterocycles. The summed E-state index contributed by atoms with van der Waals surface area (Å²) in [7, 11) is 0. The Morgan fingerprint density at radius 3 is 3.05 bits per heavy atom. The number of hydrogen-bond donors (Lipinski definition) is 2. The highest BCUT2D eigenvalue weighted by Crippen LogP contribution is 2.33. The molecule has 1 saturated heterocycles. The molecule has 3 N–H and O–H groups in total. The molecule has 19 heavy (non-hydrogen) atoms. The molecule has 0 aromatic rings. The minimum absolute atomic E-state index is 0.00617. The second kappa shape index (κ2) is 3.98. The number of alkyl halides is 1. The minimum atomic E-state index is -2.30. The third kappa shape index (κ3) is 1.61. The van der Waals surface area contributed by atoms with Crippen molar-refractivity contribution in [2.75, 3.05) is 6.67 Å². The second-order valence-corrected chi connectivity index (χ2v) is 4.28. The first kappa shape index (κ1) is 12.0. The summed E-state index contributed by atoms with van der Waals surface area (Å²) < 4.78 is 32.1. The average molecular weight is 271 g/mol. The van der Waals surface area contributed by atoms with Crippen LogP contribution in [-0.4, -0.2) is 52.8 Å². The Bertz CT molecular complexity index is 532. The van der Waals surface area contributed by atoms with Crippen LogP contribution in [-0.2, 0) is 4.74 Å². The van der Waals surface area contributed by atoms with E-state index in [1.807, 2.05) is 0 Å². The van der Waals surface area contributed by atoms with E-state index in [1.165, 1.54) is 11.2 Å². The first-order valence-corrected chi connectivity index (χ1v) is 5.59. The van der Waals surface area contributed by atoms with Crippen LogP contribution in [0, 0.1) is 0 Å². The van der Waals surface area contributed by atoms with Crippen molar-refractivity contribution >= 4 is 18.0 Å². The highest BCUT2D eigenvalue weighted by atomic mass is 19.1. The van der Waals surface area contributed by atoms with Crippen LogP contribution < -0.4 is 5.73 Å². The molecule has 0 aliphatic carbocycles. The first-order chi connectivity index (χ1) is 9.06. The van der Waals surface area contributed by atoms with E-state index in [4.69, 9.17) is 10.5 Å². The molecule has 0 bridgehead atoms. The lowest BCUT2D eigenvalue weighted by molar-refractivity contribution is 0.0878. The number of amidine groups is 2. The van der Waals surface area contributed by atoms with Gasteiger partial charge in [0.05, 0.1) is 6.34 Å². The third-order valence-electron chi connectivity index (χ3n) is 3.15. The zero-order valence-corrected chi connectivity index (χ0v) is 9.70. The highest BCUT2D eigenvalue weighted by Gasteiger charge is 2.51. The van der Waals surface area contributed by atoms with E-state index in [2.05, 4.69) is 15.0 Å². The number of ether oxygens (including phenoxy) is 1. The number of fused-ring (bicyclic) bond motifs is 1. The summed E-state index contributed by atoms with van der Waals surface area (Å²) in [5.41, 5.74) is 5.49. The molecule has 3 heterocycles. The Kier molecular flexibility index (Phi) is 2.52. The van der Waals surface area contributed by atoms with Crippen molar-refractivity contribution in [1.82, 2.24) is 4.90 Å². The Hall–Kier alpha value is -2.03. The molecule has 0 saturated carbocycles. The van der Waals surface area contributed by atoms with Crippen LogP contribution in [0.3, 0.4) is 0 Å². The predicted octanol–water partition coefficient (Wildman–Crippen LogP) is -0.359. The maximum absolute atomic E-state index is 14.5. The molecule has 3 rings (SSSR count). The standard InChI is InChI=1S/C10H11F2N5O2/c11-2-6-5(18)1-7(19-6)17-4-16-10(12)8(13)14-3-15-9(10)17/h2,4-5,7,18H,1,3H2,(H2,13,14)/b6-2+/t5-,7+,10?/m0/s1. The molecule has 3 aliphatic rings. The summed E-state index contributed by atoms with van der Waals surface area (Å²) in [5, 5.41) is 9.55. The smallest absolute Gasteiger partial charge is 0.316 e. The van der Waals surface area contributed by atoms with Crippen molar-refractivity contribution in [2.45, 2.75) is 24.5 Å². The molecule has 9 heteroatoms. The number of aliphatic hydroxyl groups excluding tert-OH is 1. The Morgan fingerprint density at radius 2 is 2.37 bits per heavy atom. The molecule has 1 unspecified atom stereocenters. The van der Waals surface area contributed by atoms with Crippen LogP contribution in [0.4, 0.5) is 8.78 Å². The van der Waals surface area contributed by atoms with Crippen molar-refractivity contribution < 1.29 is 18.6 Å². The van der Waals surface area contributed by atoms with Gasteiger partial charge in [0.15, 0.2) is 23.7 Å². The predicted molar refractivity (Wildman–Crippen MR) is 62.8 cm³/mol. The summed E-state index contributed by atoms with van der Waals surface area (Å²) >= 11 is 0. The van der Waals surface area contributed by atoms with Crippen molar-refractivity contribution in [3.8, 4) is 0 Å². The van der Waals surface area contributed by atoms with Gasteiger partial charge in [0.2, 0.25) is 0 Å². The molecule has 0 radical (unpaired) electrons. The van der Waals surface area contributed by atoms with Crippen LogP contribution in [0.25, 0.3) is 0 Å². The number of halogens is 2. The fraction of sp³-hybridized carbons (Fsp3) is 0.500. The second-order valence-electron chi connectivity index (χ2n) is 4.28. The fourth-order valence-electron chi connectivity index (χ4n) is 2.15. The summed E-state index contributed by atoms with van der Waals surface area (Å²) in [6.07, 6.45) is -0.422. The average Bonchev–Trinajstić information content (AvgIpc) is 2.92. The van der Waals surface area contributed by atoms with Gasteiger partial charge in [-0.25, -0.2) is 19.4 Å². The van der Waals surface area contributed by atoms with Gasteiger partial charge in [0.25, 0.3) is 0 Å². The fourth-order valence-corrected chi connectivity index (χ4v) is 2.15. The van der Waals surface area contributed by atoms with Gasteiger partial charge in [-0.05, 0) is 0 Å². The van der Waals surface area contributed by atoms with Crippen LogP contribution in [0.15, 0.2) is 27.1 Å². The van der Waals surface area contributed by atoms with Gasteiger partial charge in [-0.1, -0.05) is 0 Å².